The van der Waals surface area contributed by atoms with E-state index in [0.29, 0.717) is 18.3 Å². The summed E-state index contributed by atoms with van der Waals surface area (Å²) in [5, 5.41) is 4.07. The molecule has 0 saturated heterocycles. The highest BCUT2D eigenvalue weighted by atomic mass is 16.5. The molecule has 1 aliphatic heterocycles. The van der Waals surface area contributed by atoms with Crippen molar-refractivity contribution in [1.29, 1.82) is 0 Å². The number of rotatable bonds is 6. The van der Waals surface area contributed by atoms with E-state index in [2.05, 4.69) is 51.4 Å². The maximum absolute atomic E-state index is 5.60. The SMILES string of the molecule is COc1cc2c(cc1OC)C(c1ccccc1)N(Cc1noc(CN)n1)CC2. The Labute approximate surface area is 164 Å². The highest BCUT2D eigenvalue weighted by molar-refractivity contribution is 5.51. The van der Waals surface area contributed by atoms with Crippen LogP contribution in [0.2, 0.25) is 0 Å². The van der Waals surface area contributed by atoms with Gasteiger partial charge in [-0.15, -0.1) is 0 Å². The summed E-state index contributed by atoms with van der Waals surface area (Å²) < 4.78 is 16.2. The van der Waals surface area contributed by atoms with Crippen LogP contribution in [-0.2, 0) is 19.5 Å². The highest BCUT2D eigenvalue weighted by Crippen LogP contribution is 2.41. The van der Waals surface area contributed by atoms with Gasteiger partial charge in [0, 0.05) is 6.54 Å². The molecule has 0 aliphatic carbocycles. The number of fused-ring (bicyclic) bond motifs is 1. The van der Waals surface area contributed by atoms with E-state index in [9.17, 15) is 0 Å². The first-order valence-corrected chi connectivity index (χ1v) is 9.28. The fraction of sp³-hybridized carbons (Fsp3) is 0.333. The van der Waals surface area contributed by atoms with E-state index in [1.807, 2.05) is 6.07 Å². The minimum Gasteiger partial charge on any atom is -0.493 e. The van der Waals surface area contributed by atoms with Crippen LogP contribution in [0.4, 0.5) is 0 Å². The molecule has 28 heavy (non-hydrogen) atoms. The van der Waals surface area contributed by atoms with E-state index in [1.165, 1.54) is 16.7 Å². The number of aromatic nitrogens is 2. The Hall–Kier alpha value is -2.90. The van der Waals surface area contributed by atoms with Crippen LogP contribution in [0, 0.1) is 0 Å². The van der Waals surface area contributed by atoms with Crippen LogP contribution in [0.15, 0.2) is 47.0 Å². The number of methoxy groups -OCH3 is 2. The molecule has 0 bridgehead atoms. The molecular weight excluding hydrogens is 356 g/mol. The zero-order valence-electron chi connectivity index (χ0n) is 16.1. The molecule has 7 heteroatoms. The van der Waals surface area contributed by atoms with Gasteiger partial charge in [0.1, 0.15) is 0 Å². The van der Waals surface area contributed by atoms with E-state index in [1.54, 1.807) is 14.2 Å². The fourth-order valence-corrected chi connectivity index (χ4v) is 3.81. The summed E-state index contributed by atoms with van der Waals surface area (Å²) in [7, 11) is 3.33. The Morgan fingerprint density at radius 3 is 2.57 bits per heavy atom. The van der Waals surface area contributed by atoms with Crippen LogP contribution in [0.1, 0.15) is 34.4 Å². The smallest absolute Gasteiger partial charge is 0.240 e. The van der Waals surface area contributed by atoms with Crippen molar-refractivity contribution in [3.05, 3.63) is 70.9 Å². The van der Waals surface area contributed by atoms with Crippen LogP contribution in [0.5, 0.6) is 11.5 Å². The van der Waals surface area contributed by atoms with Gasteiger partial charge in [-0.05, 0) is 35.2 Å². The highest BCUT2D eigenvalue weighted by Gasteiger charge is 2.31. The van der Waals surface area contributed by atoms with Crippen molar-refractivity contribution in [2.75, 3.05) is 20.8 Å². The van der Waals surface area contributed by atoms with Crippen LogP contribution in [-0.4, -0.2) is 35.8 Å². The summed E-state index contributed by atoms with van der Waals surface area (Å²) in [5.74, 6) is 2.58. The zero-order chi connectivity index (χ0) is 19.5. The van der Waals surface area contributed by atoms with Crippen molar-refractivity contribution in [2.24, 2.45) is 5.73 Å². The first kappa shape index (κ1) is 18.5. The molecule has 0 spiro atoms. The Balaban J connectivity index is 1.76. The van der Waals surface area contributed by atoms with Crippen molar-refractivity contribution < 1.29 is 14.0 Å². The van der Waals surface area contributed by atoms with Crippen LogP contribution < -0.4 is 15.2 Å². The van der Waals surface area contributed by atoms with E-state index < -0.39 is 0 Å². The Morgan fingerprint density at radius 2 is 1.89 bits per heavy atom. The molecular formula is C21H24N4O3. The second-order valence-corrected chi connectivity index (χ2v) is 6.75. The Bertz CT molecular complexity index is 942. The standard InChI is InChI=1S/C21H24N4O3/c1-26-17-10-15-8-9-25(13-19-23-20(12-22)28-24-19)21(14-6-4-3-5-7-14)16(15)11-18(17)27-2/h3-7,10-11,21H,8-9,12-13,22H2,1-2H3. The van der Waals surface area contributed by atoms with Gasteiger partial charge in [-0.1, -0.05) is 35.5 Å². The average Bonchev–Trinajstić information content (AvgIpc) is 3.20. The van der Waals surface area contributed by atoms with Crippen LogP contribution >= 0.6 is 0 Å². The lowest BCUT2D eigenvalue weighted by Crippen LogP contribution is -2.36. The molecule has 0 radical (unpaired) electrons. The molecule has 1 aromatic heterocycles. The van der Waals surface area contributed by atoms with Gasteiger partial charge in [-0.3, -0.25) is 4.90 Å². The minimum atomic E-state index is 0.0598. The fourth-order valence-electron chi connectivity index (χ4n) is 3.81. The molecule has 1 unspecified atom stereocenters. The number of nitrogens with two attached hydrogens (primary N) is 1. The summed E-state index contributed by atoms with van der Waals surface area (Å²) in [6, 6.07) is 14.7. The Kier molecular flexibility index (Phi) is 5.27. The normalized spacial score (nSPS) is 16.6. The van der Waals surface area contributed by atoms with Crippen molar-refractivity contribution in [1.82, 2.24) is 15.0 Å². The molecule has 1 atom stereocenters. The van der Waals surface area contributed by atoms with Gasteiger partial charge < -0.3 is 19.7 Å². The number of ether oxygens (including phenoxy) is 2. The number of hydrogen-bond donors (Lipinski definition) is 1. The largest absolute Gasteiger partial charge is 0.493 e. The number of nitrogens with zero attached hydrogens (tertiary/aromatic N) is 3. The van der Waals surface area contributed by atoms with Gasteiger partial charge in [0.25, 0.3) is 0 Å². The van der Waals surface area contributed by atoms with Gasteiger partial charge in [-0.2, -0.15) is 4.98 Å². The summed E-state index contributed by atoms with van der Waals surface area (Å²) >= 11 is 0. The molecule has 146 valence electrons. The molecule has 0 amide bonds. The molecule has 4 rings (SSSR count). The van der Waals surface area contributed by atoms with Gasteiger partial charge in [0.2, 0.25) is 5.89 Å². The second-order valence-electron chi connectivity index (χ2n) is 6.75. The lowest BCUT2D eigenvalue weighted by atomic mass is 9.87. The summed E-state index contributed by atoms with van der Waals surface area (Å²) in [6.07, 6.45) is 0.903. The first-order valence-electron chi connectivity index (χ1n) is 9.28. The summed E-state index contributed by atoms with van der Waals surface area (Å²) in [6.45, 7) is 1.69. The van der Waals surface area contributed by atoms with Crippen LogP contribution in [0.25, 0.3) is 0 Å². The Morgan fingerprint density at radius 1 is 1.14 bits per heavy atom. The molecule has 2 heterocycles. The monoisotopic (exact) mass is 380 g/mol. The minimum absolute atomic E-state index is 0.0598. The number of benzene rings is 2. The average molecular weight is 380 g/mol. The van der Waals surface area contributed by atoms with Gasteiger partial charge in [-0.25, -0.2) is 0 Å². The molecule has 2 aromatic carbocycles. The van der Waals surface area contributed by atoms with Crippen molar-refractivity contribution in [2.45, 2.75) is 25.6 Å². The lowest BCUT2D eigenvalue weighted by Gasteiger charge is -2.37. The summed E-state index contributed by atoms with van der Waals surface area (Å²) in [5.41, 5.74) is 9.28. The third-order valence-corrected chi connectivity index (χ3v) is 5.12. The predicted octanol–water partition coefficient (Wildman–Crippen LogP) is 2.69. The lowest BCUT2D eigenvalue weighted by molar-refractivity contribution is 0.196. The van der Waals surface area contributed by atoms with Crippen molar-refractivity contribution in [3.8, 4) is 11.5 Å². The van der Waals surface area contributed by atoms with Crippen LogP contribution in [0.3, 0.4) is 0 Å². The predicted molar refractivity (Wildman–Crippen MR) is 104 cm³/mol. The van der Waals surface area contributed by atoms with E-state index in [0.717, 1.165) is 24.5 Å². The number of hydrogen-bond acceptors (Lipinski definition) is 7. The van der Waals surface area contributed by atoms with Gasteiger partial charge in [0.05, 0.1) is 33.4 Å². The third-order valence-electron chi connectivity index (χ3n) is 5.12. The zero-order valence-corrected chi connectivity index (χ0v) is 16.1. The van der Waals surface area contributed by atoms with E-state index >= 15 is 0 Å². The molecule has 3 aromatic rings. The molecule has 7 nitrogen and oxygen atoms in total. The quantitative estimate of drug-likeness (QED) is 0.703. The first-order chi connectivity index (χ1) is 13.7. The van der Waals surface area contributed by atoms with E-state index in [4.69, 9.17) is 19.7 Å². The maximum atomic E-state index is 5.60. The molecule has 0 fully saturated rings. The van der Waals surface area contributed by atoms with E-state index in [-0.39, 0.29) is 12.6 Å². The summed E-state index contributed by atoms with van der Waals surface area (Å²) in [4.78, 5) is 6.73. The van der Waals surface area contributed by atoms with Crippen molar-refractivity contribution in [3.63, 3.8) is 0 Å². The molecule has 0 saturated carbocycles. The second kappa shape index (κ2) is 8.00. The third kappa shape index (κ3) is 3.46. The molecule has 1 aliphatic rings. The van der Waals surface area contributed by atoms with Gasteiger partial charge >= 0.3 is 0 Å². The maximum Gasteiger partial charge on any atom is 0.240 e. The topological polar surface area (TPSA) is 86.6 Å². The molecule has 2 N–H and O–H groups in total. The van der Waals surface area contributed by atoms with Gasteiger partial charge in [0.15, 0.2) is 17.3 Å². The van der Waals surface area contributed by atoms with Crippen molar-refractivity contribution >= 4 is 0 Å².